The lowest BCUT2D eigenvalue weighted by atomic mass is 10.1. The van der Waals surface area contributed by atoms with E-state index in [1.807, 2.05) is 37.3 Å². The first-order chi connectivity index (χ1) is 11.5. The van der Waals surface area contributed by atoms with E-state index in [9.17, 15) is 4.39 Å². The fourth-order valence-corrected chi connectivity index (χ4v) is 2.97. The van der Waals surface area contributed by atoms with Gasteiger partial charge >= 0.3 is 0 Å². The Morgan fingerprint density at radius 3 is 2.75 bits per heavy atom. The Labute approximate surface area is 142 Å². The molecule has 24 heavy (non-hydrogen) atoms. The van der Waals surface area contributed by atoms with Crippen LogP contribution in [0.25, 0.3) is 0 Å². The van der Waals surface area contributed by atoms with Crippen molar-refractivity contribution in [3.05, 3.63) is 54.3 Å². The first-order valence-corrected chi connectivity index (χ1v) is 8.18. The van der Waals surface area contributed by atoms with Crippen LogP contribution in [0.15, 0.2) is 48.5 Å². The van der Waals surface area contributed by atoms with Gasteiger partial charge in [0.15, 0.2) is 11.6 Å². The van der Waals surface area contributed by atoms with Gasteiger partial charge in [-0.05, 0) is 31.2 Å². The maximum atomic E-state index is 13.9. The number of rotatable bonds is 6. The lowest BCUT2D eigenvalue weighted by molar-refractivity contribution is 0.0886. The van der Waals surface area contributed by atoms with Gasteiger partial charge < -0.3 is 15.2 Å². The monoisotopic (exact) mass is 330 g/mol. The average Bonchev–Trinajstić information content (AvgIpc) is 2.93. The van der Waals surface area contributed by atoms with Gasteiger partial charge in [0.05, 0.1) is 0 Å². The highest BCUT2D eigenvalue weighted by Gasteiger charge is 2.36. The van der Waals surface area contributed by atoms with Crippen LogP contribution in [0.1, 0.15) is 13.3 Å². The molecule has 4 nitrogen and oxygen atoms in total. The average molecular weight is 330 g/mol. The molecule has 1 saturated heterocycles. The molecule has 0 radical (unpaired) electrons. The largest absolute Gasteiger partial charge is 0.492 e. The van der Waals surface area contributed by atoms with Crippen molar-refractivity contribution in [3.63, 3.8) is 0 Å². The number of hydrogen-bond donors (Lipinski definition) is 1. The predicted octanol–water partition coefficient (Wildman–Crippen LogP) is 3.33. The Morgan fingerprint density at radius 1 is 1.21 bits per heavy atom. The van der Waals surface area contributed by atoms with E-state index in [1.54, 1.807) is 12.1 Å². The van der Waals surface area contributed by atoms with Crippen molar-refractivity contribution >= 4 is 5.69 Å². The number of halogens is 1. The molecule has 1 heterocycles. The summed E-state index contributed by atoms with van der Waals surface area (Å²) in [6, 6.07) is 14.3. The Morgan fingerprint density at radius 2 is 2.00 bits per heavy atom. The number of likely N-dealkylation sites (tertiary alicyclic amines) is 1. The van der Waals surface area contributed by atoms with Crippen LogP contribution in [0.2, 0.25) is 0 Å². The van der Waals surface area contributed by atoms with Gasteiger partial charge in [-0.3, -0.25) is 4.90 Å². The van der Waals surface area contributed by atoms with Crippen LogP contribution in [0.4, 0.5) is 10.1 Å². The quantitative estimate of drug-likeness (QED) is 0.826. The van der Waals surface area contributed by atoms with Gasteiger partial charge in [0.2, 0.25) is 0 Å². The number of nitrogen functional groups attached to an aromatic ring is 1. The highest BCUT2D eigenvalue weighted by molar-refractivity contribution is 5.43. The van der Waals surface area contributed by atoms with Gasteiger partial charge in [0, 0.05) is 37.8 Å². The van der Waals surface area contributed by atoms with Crippen molar-refractivity contribution in [3.8, 4) is 11.5 Å². The van der Waals surface area contributed by atoms with E-state index >= 15 is 0 Å². The van der Waals surface area contributed by atoms with E-state index in [1.165, 1.54) is 6.07 Å². The summed E-state index contributed by atoms with van der Waals surface area (Å²) in [4.78, 5) is 2.28. The summed E-state index contributed by atoms with van der Waals surface area (Å²) in [5.74, 6) is 0.718. The number of benzene rings is 2. The minimum atomic E-state index is -0.415. The van der Waals surface area contributed by atoms with Crippen molar-refractivity contribution in [2.24, 2.45) is 0 Å². The number of anilines is 1. The minimum absolute atomic E-state index is 0.258. The van der Waals surface area contributed by atoms with Crippen molar-refractivity contribution < 1.29 is 13.9 Å². The lowest BCUT2D eigenvalue weighted by Crippen LogP contribution is -2.37. The zero-order chi connectivity index (χ0) is 17.0. The standard InChI is InChI=1S/C19H23FN2O2/c1-19(24-18-8-7-15(21)13-17(18)20)9-10-22(14-19)11-12-23-16-5-3-2-4-6-16/h2-8,13H,9-12,14,21H2,1H3. The molecule has 0 amide bonds. The van der Waals surface area contributed by atoms with Crippen LogP contribution in [0.5, 0.6) is 11.5 Å². The third-order valence-corrected chi connectivity index (χ3v) is 4.25. The molecule has 5 heteroatoms. The van der Waals surface area contributed by atoms with Crippen LogP contribution < -0.4 is 15.2 Å². The molecule has 0 aliphatic carbocycles. The second-order valence-electron chi connectivity index (χ2n) is 6.43. The van der Waals surface area contributed by atoms with Crippen LogP contribution in [-0.2, 0) is 0 Å². The number of ether oxygens (including phenoxy) is 2. The van der Waals surface area contributed by atoms with Gasteiger partial charge in [0.1, 0.15) is 18.0 Å². The van der Waals surface area contributed by atoms with Crippen molar-refractivity contribution in [2.75, 3.05) is 32.0 Å². The Hall–Kier alpha value is -2.27. The topological polar surface area (TPSA) is 47.7 Å². The molecular formula is C19H23FN2O2. The first-order valence-electron chi connectivity index (χ1n) is 8.18. The first kappa shape index (κ1) is 16.6. The highest BCUT2D eigenvalue weighted by Crippen LogP contribution is 2.30. The molecule has 1 aliphatic rings. The zero-order valence-electron chi connectivity index (χ0n) is 13.9. The number of hydrogen-bond acceptors (Lipinski definition) is 4. The van der Waals surface area contributed by atoms with E-state index in [0.717, 1.165) is 31.8 Å². The molecule has 2 aromatic rings. The van der Waals surface area contributed by atoms with Crippen molar-refractivity contribution in [2.45, 2.75) is 18.9 Å². The van der Waals surface area contributed by atoms with Crippen molar-refractivity contribution in [1.29, 1.82) is 0 Å². The fraction of sp³-hybridized carbons (Fsp3) is 0.368. The third-order valence-electron chi connectivity index (χ3n) is 4.25. The number of nitrogens with two attached hydrogens (primary N) is 1. The van der Waals surface area contributed by atoms with Gasteiger partial charge in [-0.25, -0.2) is 4.39 Å². The molecule has 0 bridgehead atoms. The molecule has 0 spiro atoms. The van der Waals surface area contributed by atoms with E-state index in [0.29, 0.717) is 12.3 Å². The van der Waals surface area contributed by atoms with E-state index in [4.69, 9.17) is 15.2 Å². The molecule has 1 atom stereocenters. The van der Waals surface area contributed by atoms with Crippen LogP contribution in [0, 0.1) is 5.82 Å². The summed E-state index contributed by atoms with van der Waals surface area (Å²) in [6.07, 6.45) is 0.849. The molecular weight excluding hydrogens is 307 g/mol. The summed E-state index contributed by atoms with van der Waals surface area (Å²) in [7, 11) is 0. The molecule has 1 fully saturated rings. The summed E-state index contributed by atoms with van der Waals surface area (Å²) in [5.41, 5.74) is 5.58. The SMILES string of the molecule is CC1(Oc2ccc(N)cc2F)CCN(CCOc2ccccc2)C1. The Balaban J connectivity index is 1.50. The molecule has 0 aromatic heterocycles. The molecule has 0 saturated carbocycles. The molecule has 3 rings (SSSR count). The second kappa shape index (κ2) is 7.09. The molecule has 1 unspecified atom stereocenters. The third kappa shape index (κ3) is 4.17. The Bertz CT molecular complexity index is 680. The zero-order valence-corrected chi connectivity index (χ0v) is 13.9. The van der Waals surface area contributed by atoms with Crippen LogP contribution >= 0.6 is 0 Å². The van der Waals surface area contributed by atoms with E-state index in [-0.39, 0.29) is 5.75 Å². The van der Waals surface area contributed by atoms with E-state index < -0.39 is 11.4 Å². The maximum absolute atomic E-state index is 13.9. The highest BCUT2D eigenvalue weighted by atomic mass is 19.1. The van der Waals surface area contributed by atoms with Gasteiger partial charge in [-0.15, -0.1) is 0 Å². The van der Waals surface area contributed by atoms with Gasteiger partial charge in [0.25, 0.3) is 0 Å². The summed E-state index contributed by atoms with van der Waals surface area (Å²) >= 11 is 0. The van der Waals surface area contributed by atoms with Crippen molar-refractivity contribution in [1.82, 2.24) is 4.90 Å². The second-order valence-corrected chi connectivity index (χ2v) is 6.43. The summed E-state index contributed by atoms with van der Waals surface area (Å²) < 4.78 is 25.6. The minimum Gasteiger partial charge on any atom is -0.492 e. The fourth-order valence-electron chi connectivity index (χ4n) is 2.97. The number of nitrogens with zero attached hydrogens (tertiary/aromatic N) is 1. The Kier molecular flexibility index (Phi) is 4.90. The van der Waals surface area contributed by atoms with Gasteiger partial charge in [-0.1, -0.05) is 18.2 Å². The molecule has 2 N–H and O–H groups in total. The van der Waals surface area contributed by atoms with Crippen LogP contribution in [-0.4, -0.2) is 36.7 Å². The number of para-hydroxylation sites is 1. The molecule has 1 aliphatic heterocycles. The summed E-state index contributed by atoms with van der Waals surface area (Å²) in [6.45, 7) is 5.11. The summed E-state index contributed by atoms with van der Waals surface area (Å²) in [5, 5.41) is 0. The normalized spacial score (nSPS) is 20.9. The lowest BCUT2D eigenvalue weighted by Gasteiger charge is -2.26. The smallest absolute Gasteiger partial charge is 0.167 e. The molecule has 128 valence electrons. The predicted molar refractivity (Wildman–Crippen MR) is 92.8 cm³/mol. The van der Waals surface area contributed by atoms with Gasteiger partial charge in [-0.2, -0.15) is 0 Å². The van der Waals surface area contributed by atoms with Crippen LogP contribution in [0.3, 0.4) is 0 Å². The maximum Gasteiger partial charge on any atom is 0.167 e. The van der Waals surface area contributed by atoms with E-state index in [2.05, 4.69) is 4.90 Å². The molecule has 2 aromatic carbocycles.